The van der Waals surface area contributed by atoms with Gasteiger partial charge in [0.05, 0.1) is 13.0 Å². The Morgan fingerprint density at radius 2 is 1.86 bits per heavy atom. The van der Waals surface area contributed by atoms with Gasteiger partial charge in [-0.05, 0) is 80.0 Å². The number of piperidine rings is 1. The highest BCUT2D eigenvalue weighted by Gasteiger charge is 2.38. The van der Waals surface area contributed by atoms with Crippen LogP contribution < -0.4 is 9.47 Å². The summed E-state index contributed by atoms with van der Waals surface area (Å²) in [5.74, 6) is 2.18. The summed E-state index contributed by atoms with van der Waals surface area (Å²) in [6.45, 7) is 5.89. The summed E-state index contributed by atoms with van der Waals surface area (Å²) in [4.78, 5) is 17.6. The number of ether oxygens (including phenoxy) is 2. The van der Waals surface area contributed by atoms with Crippen molar-refractivity contribution >= 4 is 5.91 Å². The molecule has 5 nitrogen and oxygen atoms in total. The number of fused-ring (bicyclic) bond motifs is 1. The van der Waals surface area contributed by atoms with E-state index in [0.29, 0.717) is 12.2 Å². The number of nitrogens with zero attached hydrogens (tertiary/aromatic N) is 2. The van der Waals surface area contributed by atoms with Crippen molar-refractivity contribution in [3.63, 3.8) is 0 Å². The summed E-state index contributed by atoms with van der Waals surface area (Å²) in [5, 5.41) is 0. The highest BCUT2D eigenvalue weighted by Crippen LogP contribution is 2.40. The van der Waals surface area contributed by atoms with Crippen LogP contribution in [-0.2, 0) is 11.2 Å². The van der Waals surface area contributed by atoms with E-state index in [0.717, 1.165) is 63.7 Å². The smallest absolute Gasteiger partial charge is 0.225 e. The molecule has 2 aliphatic heterocycles. The van der Waals surface area contributed by atoms with Gasteiger partial charge in [-0.15, -0.1) is 0 Å². The highest BCUT2D eigenvalue weighted by molar-refractivity contribution is 5.76. The average molecular weight is 509 g/mol. The summed E-state index contributed by atoms with van der Waals surface area (Å²) in [5.41, 5.74) is 1.59. The summed E-state index contributed by atoms with van der Waals surface area (Å²) in [6.07, 6.45) is 9.82. The Morgan fingerprint density at radius 1 is 1.03 bits per heavy atom. The minimum atomic E-state index is -0.325. The lowest BCUT2D eigenvalue weighted by Gasteiger charge is -2.45. The molecule has 5 rings (SSSR count). The molecule has 0 bridgehead atoms. The summed E-state index contributed by atoms with van der Waals surface area (Å²) < 4.78 is 25.2. The molecule has 37 heavy (non-hydrogen) atoms. The van der Waals surface area contributed by atoms with Crippen LogP contribution in [0.4, 0.5) is 4.39 Å². The van der Waals surface area contributed by atoms with Crippen molar-refractivity contribution in [2.45, 2.75) is 57.8 Å². The third-order valence-corrected chi connectivity index (χ3v) is 8.37. The van der Waals surface area contributed by atoms with Gasteiger partial charge in [-0.3, -0.25) is 9.69 Å². The molecule has 0 radical (unpaired) electrons. The molecule has 6 heteroatoms. The Hall–Kier alpha value is -2.60. The van der Waals surface area contributed by atoms with Gasteiger partial charge in [0, 0.05) is 38.8 Å². The minimum absolute atomic E-state index is 0.138. The van der Waals surface area contributed by atoms with Crippen LogP contribution in [0.1, 0.15) is 56.9 Å². The van der Waals surface area contributed by atoms with Crippen molar-refractivity contribution in [2.75, 3.05) is 45.9 Å². The van der Waals surface area contributed by atoms with E-state index in [4.69, 9.17) is 9.47 Å². The lowest BCUT2D eigenvalue weighted by molar-refractivity contribution is -0.134. The number of benzene rings is 2. The number of aryl methyl sites for hydroxylation is 1. The number of halogens is 1. The van der Waals surface area contributed by atoms with Crippen molar-refractivity contribution in [3.05, 3.63) is 59.9 Å². The number of amides is 1. The third kappa shape index (κ3) is 7.47. The van der Waals surface area contributed by atoms with E-state index in [1.54, 1.807) is 12.1 Å². The van der Waals surface area contributed by atoms with Crippen molar-refractivity contribution in [2.24, 2.45) is 11.3 Å². The van der Waals surface area contributed by atoms with Gasteiger partial charge in [0.15, 0.2) is 0 Å². The van der Waals surface area contributed by atoms with E-state index in [-0.39, 0.29) is 23.7 Å². The molecule has 0 aromatic heterocycles. The summed E-state index contributed by atoms with van der Waals surface area (Å²) >= 11 is 0. The topological polar surface area (TPSA) is 42.0 Å². The number of hydrogen-bond acceptors (Lipinski definition) is 4. The molecule has 2 aromatic rings. The zero-order valence-corrected chi connectivity index (χ0v) is 22.0. The molecule has 1 aliphatic carbocycles. The average Bonchev–Trinajstić information content (AvgIpc) is 3.71. The molecule has 0 N–H and O–H groups in total. The Bertz CT molecular complexity index is 1030. The standard InChI is InChI=1S/C31H41FN2O3/c32-27-8-5-9-28(22-27)36-20-13-30(35)34-17-15-31(16-18-34)14-4-3-7-26-6-1-2-10-29(26)37-21-19-33(24-31)23-25-11-12-25/h1-2,5-6,8-10,22,25H,3-4,7,11-21,23-24H2. The molecule has 0 unspecified atom stereocenters. The lowest BCUT2D eigenvalue weighted by Crippen LogP contribution is -2.49. The fourth-order valence-corrected chi connectivity index (χ4v) is 6.01. The van der Waals surface area contributed by atoms with Crippen LogP contribution in [0, 0.1) is 17.2 Å². The predicted octanol–water partition coefficient (Wildman–Crippen LogP) is 5.72. The summed E-state index contributed by atoms with van der Waals surface area (Å²) in [6, 6.07) is 14.6. The second-order valence-corrected chi connectivity index (χ2v) is 11.3. The van der Waals surface area contributed by atoms with E-state index >= 15 is 0 Å². The van der Waals surface area contributed by atoms with E-state index in [1.807, 2.05) is 4.90 Å². The Morgan fingerprint density at radius 3 is 2.68 bits per heavy atom. The largest absolute Gasteiger partial charge is 0.493 e. The van der Waals surface area contributed by atoms with Gasteiger partial charge in [-0.1, -0.05) is 30.7 Å². The van der Waals surface area contributed by atoms with Gasteiger partial charge >= 0.3 is 0 Å². The van der Waals surface area contributed by atoms with E-state index in [9.17, 15) is 9.18 Å². The molecule has 2 aromatic carbocycles. The quantitative estimate of drug-likeness (QED) is 0.501. The van der Waals surface area contributed by atoms with E-state index < -0.39 is 0 Å². The van der Waals surface area contributed by atoms with Gasteiger partial charge in [0.1, 0.15) is 23.9 Å². The van der Waals surface area contributed by atoms with E-state index in [2.05, 4.69) is 29.2 Å². The van der Waals surface area contributed by atoms with Crippen LogP contribution >= 0.6 is 0 Å². The van der Waals surface area contributed by atoms with Crippen LogP contribution in [0.3, 0.4) is 0 Å². The van der Waals surface area contributed by atoms with E-state index in [1.165, 1.54) is 56.3 Å². The molecule has 2 fully saturated rings. The molecule has 1 saturated carbocycles. The number of hydrogen-bond donors (Lipinski definition) is 0. The fourth-order valence-electron chi connectivity index (χ4n) is 6.01. The Balaban J connectivity index is 1.17. The molecular weight excluding hydrogens is 467 g/mol. The van der Waals surface area contributed by atoms with Crippen LogP contribution in [-0.4, -0.2) is 61.6 Å². The maximum absolute atomic E-state index is 13.4. The van der Waals surface area contributed by atoms with Gasteiger partial charge in [-0.2, -0.15) is 0 Å². The number of likely N-dealkylation sites (tertiary alicyclic amines) is 1. The molecule has 0 atom stereocenters. The number of carbonyl (C=O) groups is 1. The zero-order chi connectivity index (χ0) is 25.5. The Kier molecular flexibility index (Phi) is 8.65. The predicted molar refractivity (Wildman–Crippen MR) is 143 cm³/mol. The number of carbonyl (C=O) groups excluding carboxylic acids is 1. The second-order valence-electron chi connectivity index (χ2n) is 11.3. The second kappa shape index (κ2) is 12.3. The van der Waals surface area contributed by atoms with Crippen LogP contribution in [0.5, 0.6) is 11.5 Å². The molecule has 200 valence electrons. The molecule has 2 heterocycles. The van der Waals surface area contributed by atoms with Crippen molar-refractivity contribution in [3.8, 4) is 11.5 Å². The van der Waals surface area contributed by atoms with Crippen LogP contribution in [0.2, 0.25) is 0 Å². The third-order valence-electron chi connectivity index (χ3n) is 8.37. The van der Waals surface area contributed by atoms with Gasteiger partial charge in [-0.25, -0.2) is 4.39 Å². The van der Waals surface area contributed by atoms with Crippen molar-refractivity contribution in [1.29, 1.82) is 0 Å². The van der Waals surface area contributed by atoms with Gasteiger partial charge < -0.3 is 14.4 Å². The molecular formula is C31H41FN2O3. The maximum Gasteiger partial charge on any atom is 0.225 e. The first-order valence-corrected chi connectivity index (χ1v) is 14.2. The normalized spacial score (nSPS) is 20.8. The summed E-state index contributed by atoms with van der Waals surface area (Å²) in [7, 11) is 0. The van der Waals surface area contributed by atoms with Crippen LogP contribution in [0.15, 0.2) is 48.5 Å². The van der Waals surface area contributed by atoms with Crippen molar-refractivity contribution < 1.29 is 18.7 Å². The zero-order valence-electron chi connectivity index (χ0n) is 22.0. The number of para-hydroxylation sites is 1. The molecule has 1 saturated heterocycles. The van der Waals surface area contributed by atoms with Gasteiger partial charge in [0.25, 0.3) is 0 Å². The first-order chi connectivity index (χ1) is 18.1. The first-order valence-electron chi connectivity index (χ1n) is 14.2. The maximum atomic E-state index is 13.4. The Labute approximate surface area is 220 Å². The minimum Gasteiger partial charge on any atom is -0.493 e. The molecule has 1 spiro atoms. The molecule has 1 amide bonds. The fraction of sp³-hybridized carbons (Fsp3) is 0.581. The monoisotopic (exact) mass is 508 g/mol. The van der Waals surface area contributed by atoms with Gasteiger partial charge in [0.2, 0.25) is 5.91 Å². The SMILES string of the molecule is O=C(CCOc1cccc(F)c1)N1CCC2(CCCCc3ccccc3OCCN(CC3CC3)C2)CC1. The van der Waals surface area contributed by atoms with Crippen molar-refractivity contribution in [1.82, 2.24) is 9.80 Å². The first kappa shape index (κ1) is 26.0. The highest BCUT2D eigenvalue weighted by atomic mass is 19.1. The molecule has 3 aliphatic rings. The number of rotatable bonds is 6. The lowest BCUT2D eigenvalue weighted by atomic mass is 9.73. The van der Waals surface area contributed by atoms with Crippen LogP contribution in [0.25, 0.3) is 0 Å².